The molecular formula is C11H17F3N2S2. The van der Waals surface area contributed by atoms with Crippen molar-refractivity contribution in [2.75, 3.05) is 12.8 Å². The predicted molar refractivity (Wildman–Crippen MR) is 71.1 cm³/mol. The van der Waals surface area contributed by atoms with Gasteiger partial charge in [0, 0.05) is 22.1 Å². The third-order valence-electron chi connectivity index (χ3n) is 2.58. The molecule has 0 bridgehead atoms. The zero-order valence-electron chi connectivity index (χ0n) is 10.5. The fourth-order valence-electron chi connectivity index (χ4n) is 1.26. The summed E-state index contributed by atoms with van der Waals surface area (Å²) < 4.78 is 37.4. The maximum absolute atomic E-state index is 12.5. The summed E-state index contributed by atoms with van der Waals surface area (Å²) >= 11 is 2.48. The zero-order valence-corrected chi connectivity index (χ0v) is 12.2. The molecule has 1 rings (SSSR count). The number of halogens is 3. The molecule has 0 aromatic carbocycles. The summed E-state index contributed by atoms with van der Waals surface area (Å²) in [6, 6.07) is -0.0717. The summed E-state index contributed by atoms with van der Waals surface area (Å²) in [5.41, 5.74) is 0. The molecule has 1 aromatic rings. The molecule has 0 saturated heterocycles. The van der Waals surface area contributed by atoms with Gasteiger partial charge in [-0.15, -0.1) is 11.3 Å². The van der Waals surface area contributed by atoms with Gasteiger partial charge in [-0.1, -0.05) is 13.8 Å². The Morgan fingerprint density at radius 3 is 2.61 bits per heavy atom. The zero-order chi connectivity index (χ0) is 13.8. The molecule has 2 nitrogen and oxygen atoms in total. The molecule has 0 fully saturated rings. The maximum atomic E-state index is 12.5. The minimum atomic E-state index is -4.34. The fourth-order valence-corrected chi connectivity index (χ4v) is 3.37. The standard InChI is InChI=1S/C11H17F3N2S2/c1-4-7(2)17-6-8(15-3)9-5-16-10(18-9)11(12,13)14/h5,7-8,15H,4,6H2,1-3H3. The first-order valence-corrected chi connectivity index (χ1v) is 7.56. The van der Waals surface area contributed by atoms with E-state index in [1.807, 2.05) is 0 Å². The molecule has 1 heterocycles. The van der Waals surface area contributed by atoms with Crippen molar-refractivity contribution < 1.29 is 13.2 Å². The first-order chi connectivity index (χ1) is 8.38. The molecule has 18 heavy (non-hydrogen) atoms. The summed E-state index contributed by atoms with van der Waals surface area (Å²) in [6.45, 7) is 4.21. The molecule has 0 aliphatic carbocycles. The smallest absolute Gasteiger partial charge is 0.312 e. The number of rotatable bonds is 6. The molecule has 0 aliphatic rings. The summed E-state index contributed by atoms with van der Waals surface area (Å²) in [5, 5.41) is 2.78. The molecule has 2 atom stereocenters. The van der Waals surface area contributed by atoms with Crippen LogP contribution in [0.3, 0.4) is 0 Å². The van der Waals surface area contributed by atoms with E-state index in [1.165, 1.54) is 6.20 Å². The van der Waals surface area contributed by atoms with Crippen LogP contribution in [-0.2, 0) is 6.18 Å². The van der Waals surface area contributed by atoms with Crippen LogP contribution in [0.2, 0.25) is 0 Å². The van der Waals surface area contributed by atoms with E-state index in [9.17, 15) is 13.2 Å². The molecule has 7 heteroatoms. The average molecular weight is 298 g/mol. The van der Waals surface area contributed by atoms with Gasteiger partial charge in [-0.3, -0.25) is 0 Å². The SMILES string of the molecule is CCC(C)SCC(NC)c1cnc(C(F)(F)F)s1. The van der Waals surface area contributed by atoms with E-state index in [1.54, 1.807) is 18.8 Å². The van der Waals surface area contributed by atoms with Gasteiger partial charge in [0.05, 0.1) is 6.04 Å². The highest BCUT2D eigenvalue weighted by atomic mass is 32.2. The molecule has 104 valence electrons. The van der Waals surface area contributed by atoms with Gasteiger partial charge in [-0.2, -0.15) is 24.9 Å². The topological polar surface area (TPSA) is 24.9 Å². The van der Waals surface area contributed by atoms with E-state index < -0.39 is 11.2 Å². The normalized spacial score (nSPS) is 15.7. The van der Waals surface area contributed by atoms with Crippen LogP contribution in [0.1, 0.15) is 36.2 Å². The van der Waals surface area contributed by atoms with Gasteiger partial charge >= 0.3 is 6.18 Å². The largest absolute Gasteiger partial charge is 0.443 e. The number of alkyl halides is 3. The number of thiazole rings is 1. The Morgan fingerprint density at radius 1 is 1.50 bits per heavy atom. The van der Waals surface area contributed by atoms with E-state index in [4.69, 9.17) is 0 Å². The summed E-state index contributed by atoms with van der Waals surface area (Å²) in [7, 11) is 1.76. The number of aromatic nitrogens is 1. The fraction of sp³-hybridized carbons (Fsp3) is 0.727. The number of nitrogens with one attached hydrogen (secondary N) is 1. The highest BCUT2D eigenvalue weighted by Gasteiger charge is 2.35. The van der Waals surface area contributed by atoms with Gasteiger partial charge < -0.3 is 5.32 Å². The Bertz CT molecular complexity index is 365. The molecule has 2 unspecified atom stereocenters. The molecule has 0 amide bonds. The van der Waals surface area contributed by atoms with E-state index >= 15 is 0 Å². The summed E-state index contributed by atoms with van der Waals surface area (Å²) in [4.78, 5) is 4.09. The third kappa shape index (κ3) is 4.44. The van der Waals surface area contributed by atoms with Crippen molar-refractivity contribution in [1.29, 1.82) is 0 Å². The van der Waals surface area contributed by atoms with Crippen molar-refractivity contribution in [3.8, 4) is 0 Å². The number of nitrogens with zero attached hydrogens (tertiary/aromatic N) is 1. The van der Waals surface area contributed by atoms with E-state index in [2.05, 4.69) is 24.1 Å². The van der Waals surface area contributed by atoms with Gasteiger partial charge in [0.25, 0.3) is 0 Å². The van der Waals surface area contributed by atoms with Crippen molar-refractivity contribution in [1.82, 2.24) is 10.3 Å². The lowest BCUT2D eigenvalue weighted by Gasteiger charge is -2.16. The minimum Gasteiger partial charge on any atom is -0.312 e. The number of thioether (sulfide) groups is 1. The lowest BCUT2D eigenvalue weighted by molar-refractivity contribution is -0.137. The van der Waals surface area contributed by atoms with Crippen LogP contribution in [0.25, 0.3) is 0 Å². The van der Waals surface area contributed by atoms with Gasteiger partial charge in [0.15, 0.2) is 5.01 Å². The highest BCUT2D eigenvalue weighted by Crippen LogP contribution is 2.35. The monoisotopic (exact) mass is 298 g/mol. The second-order valence-corrected chi connectivity index (χ2v) is 6.49. The van der Waals surface area contributed by atoms with Crippen LogP contribution in [0.15, 0.2) is 6.20 Å². The molecule has 0 spiro atoms. The second-order valence-electron chi connectivity index (χ2n) is 3.96. The summed E-state index contributed by atoms with van der Waals surface area (Å²) in [6.07, 6.45) is -1.96. The van der Waals surface area contributed by atoms with E-state index in [0.717, 1.165) is 23.5 Å². The predicted octanol–water partition coefficient (Wildman–Crippen LogP) is 3.95. The minimum absolute atomic E-state index is 0.0717. The van der Waals surface area contributed by atoms with Gasteiger partial charge in [0.2, 0.25) is 0 Å². The lowest BCUT2D eigenvalue weighted by atomic mass is 10.3. The molecule has 0 aliphatic heterocycles. The number of hydrogen-bond donors (Lipinski definition) is 1. The average Bonchev–Trinajstić information content (AvgIpc) is 2.78. The maximum Gasteiger partial charge on any atom is 0.443 e. The van der Waals surface area contributed by atoms with Gasteiger partial charge in [0.1, 0.15) is 0 Å². The summed E-state index contributed by atoms with van der Waals surface area (Å²) in [5.74, 6) is 0.755. The molecule has 0 saturated carbocycles. The van der Waals surface area contributed by atoms with Crippen LogP contribution in [0.5, 0.6) is 0 Å². The molecule has 0 radical (unpaired) electrons. The Hall–Kier alpha value is -0.270. The van der Waals surface area contributed by atoms with Crippen molar-refractivity contribution in [3.63, 3.8) is 0 Å². The Morgan fingerprint density at radius 2 is 2.17 bits per heavy atom. The molecule has 1 N–H and O–H groups in total. The Balaban J connectivity index is 2.68. The van der Waals surface area contributed by atoms with Crippen LogP contribution in [0, 0.1) is 0 Å². The van der Waals surface area contributed by atoms with Gasteiger partial charge in [-0.05, 0) is 13.5 Å². The Labute approximate surface area is 113 Å². The third-order valence-corrected chi connectivity index (χ3v) is 5.16. The highest BCUT2D eigenvalue weighted by molar-refractivity contribution is 7.99. The quantitative estimate of drug-likeness (QED) is 0.860. The number of hydrogen-bond acceptors (Lipinski definition) is 4. The first kappa shape index (κ1) is 15.8. The van der Waals surface area contributed by atoms with Crippen molar-refractivity contribution in [3.05, 3.63) is 16.1 Å². The van der Waals surface area contributed by atoms with Crippen LogP contribution >= 0.6 is 23.1 Å². The Kier molecular flexibility index (Phi) is 5.94. The first-order valence-electron chi connectivity index (χ1n) is 5.70. The second kappa shape index (κ2) is 6.77. The van der Waals surface area contributed by atoms with Crippen molar-refractivity contribution in [2.24, 2.45) is 0 Å². The van der Waals surface area contributed by atoms with Crippen LogP contribution in [0.4, 0.5) is 13.2 Å². The van der Waals surface area contributed by atoms with Crippen molar-refractivity contribution >= 4 is 23.1 Å². The van der Waals surface area contributed by atoms with Crippen molar-refractivity contribution in [2.45, 2.75) is 37.7 Å². The lowest BCUT2D eigenvalue weighted by Crippen LogP contribution is -2.18. The van der Waals surface area contributed by atoms with Crippen LogP contribution < -0.4 is 5.32 Å². The molecular weight excluding hydrogens is 281 g/mol. The molecule has 1 aromatic heterocycles. The van der Waals surface area contributed by atoms with E-state index in [0.29, 0.717) is 10.1 Å². The van der Waals surface area contributed by atoms with E-state index in [-0.39, 0.29) is 6.04 Å². The van der Waals surface area contributed by atoms with Crippen LogP contribution in [-0.4, -0.2) is 23.0 Å². The van der Waals surface area contributed by atoms with Gasteiger partial charge in [-0.25, -0.2) is 4.98 Å².